The molecule has 0 amide bonds. The number of halogens is 1. The van der Waals surface area contributed by atoms with Crippen molar-refractivity contribution in [1.29, 1.82) is 0 Å². The van der Waals surface area contributed by atoms with Gasteiger partial charge in [0.15, 0.2) is 0 Å². The summed E-state index contributed by atoms with van der Waals surface area (Å²) in [6.45, 7) is 6.29. The third kappa shape index (κ3) is 3.17. The van der Waals surface area contributed by atoms with Gasteiger partial charge in [0, 0.05) is 0 Å². The van der Waals surface area contributed by atoms with Gasteiger partial charge < -0.3 is 0 Å². The Balaban J connectivity index is 2.77. The highest BCUT2D eigenvalue weighted by atomic mass is 19.1. The average Bonchev–Trinajstić information content (AvgIpc) is 2.02. The average molecular weight is 180 g/mol. The summed E-state index contributed by atoms with van der Waals surface area (Å²) in [6.07, 6.45) is 2.13. The van der Waals surface area contributed by atoms with Gasteiger partial charge in [-0.05, 0) is 42.5 Å². The summed E-state index contributed by atoms with van der Waals surface area (Å²) >= 11 is 0. The van der Waals surface area contributed by atoms with Gasteiger partial charge in [0.25, 0.3) is 0 Å². The molecule has 1 unspecified atom stereocenters. The zero-order valence-electron chi connectivity index (χ0n) is 8.60. The normalized spacial score (nSPS) is 12.9. The molecule has 0 N–H and O–H groups in total. The molecular weight excluding hydrogens is 163 g/mol. The van der Waals surface area contributed by atoms with Gasteiger partial charge in [0.1, 0.15) is 5.82 Å². The van der Waals surface area contributed by atoms with Gasteiger partial charge in [0.05, 0.1) is 0 Å². The Hall–Kier alpha value is -0.850. The maximum absolute atomic E-state index is 13.0. The van der Waals surface area contributed by atoms with Crippen LogP contribution in [0.3, 0.4) is 0 Å². The second-order valence-electron chi connectivity index (χ2n) is 3.85. The number of rotatable bonds is 3. The van der Waals surface area contributed by atoms with Crippen molar-refractivity contribution in [2.24, 2.45) is 5.92 Å². The van der Waals surface area contributed by atoms with Crippen LogP contribution >= 0.6 is 0 Å². The molecule has 1 rings (SSSR count). The van der Waals surface area contributed by atoms with E-state index in [1.165, 1.54) is 0 Å². The summed E-state index contributed by atoms with van der Waals surface area (Å²) in [6, 6.07) is 5.27. The molecule has 1 heteroatoms. The monoisotopic (exact) mass is 180 g/mol. The first-order valence-electron chi connectivity index (χ1n) is 4.88. The molecule has 72 valence electrons. The summed E-state index contributed by atoms with van der Waals surface area (Å²) in [4.78, 5) is 0. The van der Waals surface area contributed by atoms with Crippen LogP contribution in [0.4, 0.5) is 4.39 Å². The molecule has 0 aliphatic heterocycles. The molecule has 0 bridgehead atoms. The summed E-state index contributed by atoms with van der Waals surface area (Å²) in [5.74, 6) is 0.527. The molecule has 1 aromatic rings. The fourth-order valence-electron chi connectivity index (χ4n) is 1.48. The summed E-state index contributed by atoms with van der Waals surface area (Å²) in [5.41, 5.74) is 2.13. The van der Waals surface area contributed by atoms with Crippen LogP contribution in [0.2, 0.25) is 0 Å². The Bertz CT molecular complexity index is 258. The van der Waals surface area contributed by atoms with Crippen molar-refractivity contribution in [2.75, 3.05) is 0 Å². The summed E-state index contributed by atoms with van der Waals surface area (Å²) < 4.78 is 13.0. The van der Waals surface area contributed by atoms with Crippen molar-refractivity contribution in [3.63, 3.8) is 0 Å². The molecule has 0 saturated heterocycles. The van der Waals surface area contributed by atoms with Crippen molar-refractivity contribution in [2.45, 2.75) is 33.6 Å². The molecule has 0 saturated carbocycles. The van der Waals surface area contributed by atoms with Gasteiger partial charge in [-0.25, -0.2) is 4.39 Å². The minimum Gasteiger partial charge on any atom is -0.207 e. The van der Waals surface area contributed by atoms with E-state index >= 15 is 0 Å². The van der Waals surface area contributed by atoms with E-state index in [0.717, 1.165) is 24.0 Å². The third-order valence-corrected chi connectivity index (χ3v) is 2.38. The minimum atomic E-state index is -0.113. The first-order valence-corrected chi connectivity index (χ1v) is 4.88. The molecule has 0 heterocycles. The lowest BCUT2D eigenvalue weighted by Gasteiger charge is -2.08. The fraction of sp³-hybridized carbons (Fsp3) is 0.500. The Labute approximate surface area is 79.8 Å². The van der Waals surface area contributed by atoms with Crippen LogP contribution in [0.1, 0.15) is 31.4 Å². The number of hydrogen-bond acceptors (Lipinski definition) is 0. The Morgan fingerprint density at radius 3 is 2.54 bits per heavy atom. The second-order valence-corrected chi connectivity index (χ2v) is 3.85. The SMILES string of the molecule is CCC(C)Cc1cc(C)cc(F)c1. The third-order valence-electron chi connectivity index (χ3n) is 2.38. The van der Waals surface area contributed by atoms with Gasteiger partial charge in [-0.1, -0.05) is 26.3 Å². The van der Waals surface area contributed by atoms with E-state index < -0.39 is 0 Å². The van der Waals surface area contributed by atoms with E-state index in [1.807, 2.05) is 6.92 Å². The Kier molecular flexibility index (Phi) is 3.47. The zero-order chi connectivity index (χ0) is 9.84. The summed E-state index contributed by atoms with van der Waals surface area (Å²) in [5, 5.41) is 0. The maximum atomic E-state index is 13.0. The first-order chi connectivity index (χ1) is 6.11. The molecule has 0 fully saturated rings. The van der Waals surface area contributed by atoms with Crippen molar-refractivity contribution in [3.8, 4) is 0 Å². The van der Waals surface area contributed by atoms with Gasteiger partial charge in [-0.2, -0.15) is 0 Å². The van der Waals surface area contributed by atoms with E-state index in [9.17, 15) is 4.39 Å². The predicted molar refractivity (Wildman–Crippen MR) is 54.3 cm³/mol. The topological polar surface area (TPSA) is 0 Å². The lowest BCUT2D eigenvalue weighted by atomic mass is 9.98. The summed E-state index contributed by atoms with van der Waals surface area (Å²) in [7, 11) is 0. The van der Waals surface area contributed by atoms with Crippen LogP contribution < -0.4 is 0 Å². The minimum absolute atomic E-state index is 0.113. The van der Waals surface area contributed by atoms with Gasteiger partial charge in [-0.15, -0.1) is 0 Å². The maximum Gasteiger partial charge on any atom is 0.123 e. The highest BCUT2D eigenvalue weighted by Crippen LogP contribution is 2.14. The van der Waals surface area contributed by atoms with E-state index in [4.69, 9.17) is 0 Å². The largest absolute Gasteiger partial charge is 0.207 e. The molecule has 0 spiro atoms. The second kappa shape index (κ2) is 4.40. The van der Waals surface area contributed by atoms with E-state index in [-0.39, 0.29) is 5.82 Å². The molecule has 0 nitrogen and oxygen atoms in total. The number of benzene rings is 1. The van der Waals surface area contributed by atoms with Crippen LogP contribution in [0.15, 0.2) is 18.2 Å². The van der Waals surface area contributed by atoms with Gasteiger partial charge in [0.2, 0.25) is 0 Å². The highest BCUT2D eigenvalue weighted by Gasteiger charge is 2.02. The molecule has 0 aliphatic carbocycles. The predicted octanol–water partition coefficient (Wildman–Crippen LogP) is 3.72. The first kappa shape index (κ1) is 10.2. The van der Waals surface area contributed by atoms with Crippen LogP contribution in [0.5, 0.6) is 0 Å². The van der Waals surface area contributed by atoms with Gasteiger partial charge >= 0.3 is 0 Å². The van der Waals surface area contributed by atoms with Crippen LogP contribution in [-0.4, -0.2) is 0 Å². The van der Waals surface area contributed by atoms with Crippen molar-refractivity contribution in [1.82, 2.24) is 0 Å². The Morgan fingerprint density at radius 1 is 1.31 bits per heavy atom. The lowest BCUT2D eigenvalue weighted by Crippen LogP contribution is -1.98. The standard InChI is InChI=1S/C12H17F/c1-4-9(2)5-11-6-10(3)7-12(13)8-11/h6-9H,4-5H2,1-3H3. The molecular formula is C12H17F. The molecule has 0 aliphatic rings. The molecule has 0 aromatic heterocycles. The highest BCUT2D eigenvalue weighted by molar-refractivity contribution is 5.23. The molecule has 1 atom stereocenters. The van der Waals surface area contributed by atoms with E-state index in [1.54, 1.807) is 12.1 Å². The number of aryl methyl sites for hydroxylation is 1. The van der Waals surface area contributed by atoms with E-state index in [0.29, 0.717) is 5.92 Å². The van der Waals surface area contributed by atoms with Crippen LogP contribution in [0.25, 0.3) is 0 Å². The van der Waals surface area contributed by atoms with Crippen molar-refractivity contribution in [3.05, 3.63) is 35.1 Å². The number of hydrogen-bond donors (Lipinski definition) is 0. The van der Waals surface area contributed by atoms with Gasteiger partial charge in [-0.3, -0.25) is 0 Å². The Morgan fingerprint density at radius 2 is 2.00 bits per heavy atom. The quantitative estimate of drug-likeness (QED) is 0.665. The molecule has 1 aromatic carbocycles. The smallest absolute Gasteiger partial charge is 0.123 e. The van der Waals surface area contributed by atoms with Crippen LogP contribution in [0, 0.1) is 18.7 Å². The molecule has 13 heavy (non-hydrogen) atoms. The van der Waals surface area contributed by atoms with Crippen molar-refractivity contribution >= 4 is 0 Å². The van der Waals surface area contributed by atoms with E-state index in [2.05, 4.69) is 19.9 Å². The van der Waals surface area contributed by atoms with Crippen molar-refractivity contribution < 1.29 is 4.39 Å². The fourth-order valence-corrected chi connectivity index (χ4v) is 1.48. The molecule has 0 radical (unpaired) electrons. The lowest BCUT2D eigenvalue weighted by molar-refractivity contribution is 0.555. The zero-order valence-corrected chi connectivity index (χ0v) is 8.60. The van der Waals surface area contributed by atoms with Crippen LogP contribution in [-0.2, 0) is 6.42 Å².